The van der Waals surface area contributed by atoms with E-state index in [0.717, 1.165) is 19.3 Å². The van der Waals surface area contributed by atoms with E-state index in [1.165, 1.54) is 4.57 Å². The van der Waals surface area contributed by atoms with Crippen molar-refractivity contribution in [3.63, 3.8) is 0 Å². The summed E-state index contributed by atoms with van der Waals surface area (Å²) in [5, 5.41) is 9.72. The zero-order chi connectivity index (χ0) is 15.5. The third-order valence-electron chi connectivity index (χ3n) is 4.09. The van der Waals surface area contributed by atoms with Crippen molar-refractivity contribution in [3.8, 4) is 0 Å². The van der Waals surface area contributed by atoms with Crippen LogP contribution in [-0.2, 0) is 14.9 Å². The molecule has 0 atom stereocenters. The molecule has 0 unspecified atom stereocenters. The smallest absolute Gasteiger partial charge is 0.418 e. The van der Waals surface area contributed by atoms with Gasteiger partial charge in [-0.15, -0.1) is 0 Å². The first-order valence-electron chi connectivity index (χ1n) is 7.56. The van der Waals surface area contributed by atoms with E-state index < -0.39 is 17.5 Å². The molecular formula is C16H23NO4. The van der Waals surface area contributed by atoms with Crippen molar-refractivity contribution in [2.75, 3.05) is 6.61 Å². The third kappa shape index (κ3) is 3.12. The van der Waals surface area contributed by atoms with Crippen molar-refractivity contribution in [1.29, 1.82) is 0 Å². The molecule has 5 nitrogen and oxygen atoms in total. The predicted molar refractivity (Wildman–Crippen MR) is 78.4 cm³/mol. The van der Waals surface area contributed by atoms with Crippen LogP contribution in [0, 0.1) is 5.92 Å². The number of carboxylic acids is 1. The summed E-state index contributed by atoms with van der Waals surface area (Å²) in [4.78, 5) is 24.0. The number of carboxylic acid groups (broad SMARTS) is 1. The van der Waals surface area contributed by atoms with Crippen LogP contribution in [0.25, 0.3) is 0 Å². The van der Waals surface area contributed by atoms with Crippen molar-refractivity contribution >= 4 is 12.1 Å². The van der Waals surface area contributed by atoms with Gasteiger partial charge in [-0.3, -0.25) is 9.36 Å². The van der Waals surface area contributed by atoms with Gasteiger partial charge in [0.25, 0.3) is 0 Å². The molecule has 0 radical (unpaired) electrons. The van der Waals surface area contributed by atoms with Gasteiger partial charge in [0.2, 0.25) is 0 Å². The SMILES string of the molecule is CC(C)COC(=O)n1cccc1C1(C(=O)O)CCCCC1. The first kappa shape index (κ1) is 15.6. The fourth-order valence-electron chi connectivity index (χ4n) is 2.97. The van der Waals surface area contributed by atoms with Gasteiger partial charge in [-0.1, -0.05) is 33.1 Å². The monoisotopic (exact) mass is 293 g/mol. The molecule has 1 aliphatic rings. The second-order valence-electron chi connectivity index (χ2n) is 6.18. The zero-order valence-corrected chi connectivity index (χ0v) is 12.7. The van der Waals surface area contributed by atoms with Crippen LogP contribution < -0.4 is 0 Å². The molecule has 21 heavy (non-hydrogen) atoms. The summed E-state index contributed by atoms with van der Waals surface area (Å²) < 4.78 is 6.60. The Hall–Kier alpha value is -1.78. The largest absolute Gasteiger partial charge is 0.481 e. The van der Waals surface area contributed by atoms with E-state index >= 15 is 0 Å². The first-order chi connectivity index (χ1) is 9.97. The number of carbonyl (C=O) groups is 2. The number of hydrogen-bond acceptors (Lipinski definition) is 3. The normalized spacial score (nSPS) is 17.7. The molecule has 0 amide bonds. The molecule has 1 saturated carbocycles. The maximum Gasteiger partial charge on any atom is 0.418 e. The van der Waals surface area contributed by atoms with Crippen molar-refractivity contribution in [1.82, 2.24) is 4.57 Å². The number of aromatic nitrogens is 1. The number of aliphatic carboxylic acids is 1. The van der Waals surface area contributed by atoms with Gasteiger partial charge in [-0.25, -0.2) is 4.79 Å². The number of nitrogens with zero attached hydrogens (tertiary/aromatic N) is 1. The van der Waals surface area contributed by atoms with E-state index in [0.29, 0.717) is 25.1 Å². The Morgan fingerprint density at radius 3 is 2.57 bits per heavy atom. The van der Waals surface area contributed by atoms with Crippen molar-refractivity contribution in [2.45, 2.75) is 51.4 Å². The summed E-state index contributed by atoms with van der Waals surface area (Å²) in [7, 11) is 0. The number of hydrogen-bond donors (Lipinski definition) is 1. The lowest BCUT2D eigenvalue weighted by Gasteiger charge is -2.33. The highest BCUT2D eigenvalue weighted by atomic mass is 16.5. The average molecular weight is 293 g/mol. The summed E-state index contributed by atoms with van der Waals surface area (Å²) >= 11 is 0. The average Bonchev–Trinajstić information content (AvgIpc) is 2.95. The Bertz CT molecular complexity index is 512. The van der Waals surface area contributed by atoms with Gasteiger partial charge in [0.15, 0.2) is 0 Å². The van der Waals surface area contributed by atoms with Gasteiger partial charge >= 0.3 is 12.1 Å². The van der Waals surface area contributed by atoms with Gasteiger partial charge in [-0.05, 0) is 30.9 Å². The number of ether oxygens (including phenoxy) is 1. The molecule has 1 N–H and O–H groups in total. The number of carbonyl (C=O) groups excluding carboxylic acids is 1. The molecular weight excluding hydrogens is 270 g/mol. The van der Waals surface area contributed by atoms with Crippen LogP contribution in [0.4, 0.5) is 4.79 Å². The molecule has 1 aromatic heterocycles. The molecule has 0 spiro atoms. The summed E-state index contributed by atoms with van der Waals surface area (Å²) in [5.41, 5.74) is -0.415. The van der Waals surface area contributed by atoms with Gasteiger partial charge < -0.3 is 9.84 Å². The summed E-state index contributed by atoms with van der Waals surface area (Å²) in [5.74, 6) is -0.602. The summed E-state index contributed by atoms with van der Waals surface area (Å²) in [6, 6.07) is 3.45. The molecule has 1 aliphatic carbocycles. The van der Waals surface area contributed by atoms with Gasteiger partial charge in [0, 0.05) is 11.9 Å². The van der Waals surface area contributed by atoms with E-state index in [2.05, 4.69) is 0 Å². The quantitative estimate of drug-likeness (QED) is 0.923. The van der Waals surface area contributed by atoms with Crippen LogP contribution in [0.5, 0.6) is 0 Å². The van der Waals surface area contributed by atoms with Gasteiger partial charge in [0.1, 0.15) is 5.41 Å². The Morgan fingerprint density at radius 1 is 1.33 bits per heavy atom. The van der Waals surface area contributed by atoms with Crippen LogP contribution in [-0.4, -0.2) is 28.3 Å². The Labute approximate surface area is 124 Å². The van der Waals surface area contributed by atoms with Crippen LogP contribution in [0.2, 0.25) is 0 Å². The lowest BCUT2D eigenvalue weighted by Crippen LogP contribution is -2.40. The van der Waals surface area contributed by atoms with Gasteiger partial charge in [-0.2, -0.15) is 0 Å². The van der Waals surface area contributed by atoms with Crippen LogP contribution in [0.15, 0.2) is 18.3 Å². The zero-order valence-electron chi connectivity index (χ0n) is 12.7. The molecule has 0 saturated heterocycles. The predicted octanol–water partition coefficient (Wildman–Crippen LogP) is 3.42. The molecule has 0 aliphatic heterocycles. The maximum atomic E-state index is 12.2. The van der Waals surface area contributed by atoms with Gasteiger partial charge in [0.05, 0.1) is 6.61 Å². The maximum absolute atomic E-state index is 12.2. The van der Waals surface area contributed by atoms with E-state index in [4.69, 9.17) is 4.74 Å². The highest BCUT2D eigenvalue weighted by Crippen LogP contribution is 2.40. The lowest BCUT2D eigenvalue weighted by molar-refractivity contribution is -0.145. The highest BCUT2D eigenvalue weighted by Gasteiger charge is 2.44. The summed E-state index contributed by atoms with van der Waals surface area (Å²) in [6.07, 6.45) is 5.05. The number of rotatable bonds is 4. The highest BCUT2D eigenvalue weighted by molar-refractivity contribution is 5.83. The molecule has 116 valence electrons. The van der Waals surface area contributed by atoms with E-state index in [1.807, 2.05) is 13.8 Å². The lowest BCUT2D eigenvalue weighted by atomic mass is 9.71. The molecule has 5 heteroatoms. The topological polar surface area (TPSA) is 68.5 Å². The summed E-state index contributed by atoms with van der Waals surface area (Å²) in [6.45, 7) is 4.25. The molecule has 1 aromatic rings. The fourth-order valence-corrected chi connectivity index (χ4v) is 2.97. The minimum atomic E-state index is -0.960. The fraction of sp³-hybridized carbons (Fsp3) is 0.625. The minimum Gasteiger partial charge on any atom is -0.481 e. The van der Waals surface area contributed by atoms with Crippen LogP contribution in [0.3, 0.4) is 0 Å². The molecule has 1 heterocycles. The van der Waals surface area contributed by atoms with Crippen LogP contribution in [0.1, 0.15) is 51.6 Å². The molecule has 1 fully saturated rings. The van der Waals surface area contributed by atoms with E-state index in [9.17, 15) is 14.7 Å². The van der Waals surface area contributed by atoms with Crippen molar-refractivity contribution in [3.05, 3.63) is 24.0 Å². The molecule has 2 rings (SSSR count). The molecule has 0 bridgehead atoms. The van der Waals surface area contributed by atoms with Crippen LogP contribution >= 0.6 is 0 Å². The van der Waals surface area contributed by atoms with E-state index in [1.54, 1.807) is 18.3 Å². The van der Waals surface area contributed by atoms with Crippen molar-refractivity contribution in [2.24, 2.45) is 5.92 Å². The minimum absolute atomic E-state index is 0.246. The molecule has 0 aromatic carbocycles. The third-order valence-corrected chi connectivity index (χ3v) is 4.09. The Morgan fingerprint density at radius 2 is 2.00 bits per heavy atom. The second kappa shape index (κ2) is 6.33. The van der Waals surface area contributed by atoms with E-state index in [-0.39, 0.29) is 5.92 Å². The second-order valence-corrected chi connectivity index (χ2v) is 6.18. The standard InChI is InChI=1S/C16H23NO4/c1-12(2)11-21-15(20)17-10-6-7-13(17)16(14(18)19)8-4-3-5-9-16/h6-7,10,12H,3-5,8-9,11H2,1-2H3,(H,18,19). The van der Waals surface area contributed by atoms with Crippen molar-refractivity contribution < 1.29 is 19.4 Å². The Balaban J connectivity index is 2.29. The first-order valence-corrected chi connectivity index (χ1v) is 7.56. The Kier molecular flexibility index (Phi) is 4.70.